The van der Waals surface area contributed by atoms with Crippen LogP contribution in [0, 0.1) is 0 Å². The molecule has 1 heterocycles. The summed E-state index contributed by atoms with van der Waals surface area (Å²) < 4.78 is 32.9. The highest BCUT2D eigenvalue weighted by atomic mass is 32.2. The van der Waals surface area contributed by atoms with Crippen LogP contribution >= 0.6 is 0 Å². The Morgan fingerprint density at radius 2 is 2.30 bits per heavy atom. The second-order valence-corrected chi connectivity index (χ2v) is 6.49. The monoisotopic (exact) mass is 296 g/mol. The van der Waals surface area contributed by atoms with Gasteiger partial charge in [-0.3, -0.25) is 0 Å². The van der Waals surface area contributed by atoms with Crippen molar-refractivity contribution in [1.29, 1.82) is 0 Å². The fourth-order valence-corrected chi connectivity index (χ4v) is 3.47. The molecule has 0 bridgehead atoms. The molecule has 1 unspecified atom stereocenters. The molecule has 0 fully saturated rings. The Labute approximate surface area is 119 Å². The Kier molecular flexibility index (Phi) is 4.47. The third-order valence-electron chi connectivity index (χ3n) is 3.30. The number of hydrogen-bond donors (Lipinski definition) is 2. The minimum Gasteiger partial charge on any atom is -0.487 e. The lowest BCUT2D eigenvalue weighted by Crippen LogP contribution is -2.26. The first-order chi connectivity index (χ1) is 9.51. The van der Waals surface area contributed by atoms with Gasteiger partial charge in [0.05, 0.1) is 0 Å². The summed E-state index contributed by atoms with van der Waals surface area (Å²) in [5, 5.41) is 0. The van der Waals surface area contributed by atoms with Crippen molar-refractivity contribution in [2.24, 2.45) is 5.73 Å². The minimum absolute atomic E-state index is 0.148. The molecule has 1 aliphatic rings. The zero-order valence-corrected chi connectivity index (χ0v) is 12.4. The summed E-state index contributed by atoms with van der Waals surface area (Å²) in [5.74, 6) is 0.439. The number of benzene rings is 1. The molecule has 1 aromatic carbocycles. The summed E-state index contributed by atoms with van der Waals surface area (Å²) in [4.78, 5) is 0.199. The number of hydrogen-bond acceptors (Lipinski definition) is 4. The van der Waals surface area contributed by atoms with Crippen LogP contribution in [0.25, 0.3) is 0 Å². The van der Waals surface area contributed by atoms with E-state index in [0.29, 0.717) is 18.7 Å². The minimum atomic E-state index is -3.60. The van der Waals surface area contributed by atoms with Gasteiger partial charge in [0.15, 0.2) is 0 Å². The van der Waals surface area contributed by atoms with Crippen LogP contribution in [0.2, 0.25) is 0 Å². The van der Waals surface area contributed by atoms with Gasteiger partial charge in [-0.1, -0.05) is 19.1 Å². The predicted molar refractivity (Wildman–Crippen MR) is 78.4 cm³/mol. The third kappa shape index (κ3) is 2.87. The summed E-state index contributed by atoms with van der Waals surface area (Å²) in [6.45, 7) is 6.06. The van der Waals surface area contributed by atoms with E-state index in [4.69, 9.17) is 10.5 Å². The van der Waals surface area contributed by atoms with Crippen molar-refractivity contribution in [3.05, 3.63) is 35.9 Å². The quantitative estimate of drug-likeness (QED) is 0.767. The molecule has 6 heteroatoms. The lowest BCUT2D eigenvalue weighted by molar-refractivity contribution is 0.236. The molecule has 5 nitrogen and oxygen atoms in total. The zero-order valence-electron chi connectivity index (χ0n) is 11.6. The van der Waals surface area contributed by atoms with E-state index in [9.17, 15) is 8.42 Å². The molecular formula is C14H20N2O3S. The Balaban J connectivity index is 2.48. The SMILES string of the molecule is C=CCNS(=O)(=O)c1cc(CC)cc2c1OC(CN)C2. The van der Waals surface area contributed by atoms with Crippen molar-refractivity contribution in [1.82, 2.24) is 4.72 Å². The molecule has 1 atom stereocenters. The van der Waals surface area contributed by atoms with Gasteiger partial charge >= 0.3 is 0 Å². The maximum Gasteiger partial charge on any atom is 0.244 e. The second-order valence-electron chi connectivity index (χ2n) is 4.76. The van der Waals surface area contributed by atoms with E-state index in [-0.39, 0.29) is 17.5 Å². The smallest absolute Gasteiger partial charge is 0.244 e. The lowest BCUT2D eigenvalue weighted by Gasteiger charge is -2.12. The van der Waals surface area contributed by atoms with Gasteiger partial charge in [0.1, 0.15) is 16.7 Å². The molecule has 0 saturated heterocycles. The number of ether oxygens (including phenoxy) is 1. The van der Waals surface area contributed by atoms with Crippen molar-refractivity contribution >= 4 is 10.0 Å². The average Bonchev–Trinajstić information content (AvgIpc) is 2.86. The highest BCUT2D eigenvalue weighted by Gasteiger charge is 2.30. The van der Waals surface area contributed by atoms with Crippen LogP contribution in [-0.4, -0.2) is 27.6 Å². The van der Waals surface area contributed by atoms with E-state index in [1.165, 1.54) is 6.08 Å². The van der Waals surface area contributed by atoms with Gasteiger partial charge in [0.25, 0.3) is 0 Å². The topological polar surface area (TPSA) is 81.4 Å². The van der Waals surface area contributed by atoms with Crippen LogP contribution in [0.5, 0.6) is 5.75 Å². The molecular weight excluding hydrogens is 276 g/mol. The van der Waals surface area contributed by atoms with Crippen molar-refractivity contribution in [2.75, 3.05) is 13.1 Å². The summed E-state index contributed by atoms with van der Waals surface area (Å²) in [7, 11) is -3.60. The van der Waals surface area contributed by atoms with Crippen LogP contribution < -0.4 is 15.2 Å². The van der Waals surface area contributed by atoms with Crippen molar-refractivity contribution < 1.29 is 13.2 Å². The van der Waals surface area contributed by atoms with Crippen LogP contribution in [0.3, 0.4) is 0 Å². The highest BCUT2D eigenvalue weighted by Crippen LogP contribution is 2.36. The van der Waals surface area contributed by atoms with Gasteiger partial charge < -0.3 is 10.5 Å². The van der Waals surface area contributed by atoms with Crippen LogP contribution in [0.1, 0.15) is 18.1 Å². The van der Waals surface area contributed by atoms with E-state index in [0.717, 1.165) is 17.5 Å². The first-order valence-electron chi connectivity index (χ1n) is 6.65. The number of fused-ring (bicyclic) bond motifs is 1. The van der Waals surface area contributed by atoms with Gasteiger partial charge in [-0.05, 0) is 23.6 Å². The summed E-state index contributed by atoms with van der Waals surface area (Å²) >= 11 is 0. The van der Waals surface area contributed by atoms with Gasteiger partial charge in [0, 0.05) is 19.5 Å². The first-order valence-corrected chi connectivity index (χ1v) is 8.13. The molecule has 3 N–H and O–H groups in total. The van der Waals surface area contributed by atoms with Gasteiger partial charge in [-0.15, -0.1) is 6.58 Å². The summed E-state index contributed by atoms with van der Waals surface area (Å²) in [6.07, 6.45) is 2.78. The van der Waals surface area contributed by atoms with E-state index in [1.807, 2.05) is 13.0 Å². The number of nitrogens with two attached hydrogens (primary N) is 1. The Morgan fingerprint density at radius 3 is 2.90 bits per heavy atom. The fraction of sp³-hybridized carbons (Fsp3) is 0.429. The molecule has 0 spiro atoms. The standard InChI is InChI=1S/C14H20N2O3S/c1-3-5-16-20(17,18)13-7-10(4-2)6-11-8-12(9-15)19-14(11)13/h3,6-7,12,16H,1,4-5,8-9,15H2,2H3. The van der Waals surface area contributed by atoms with Crippen LogP contribution in [-0.2, 0) is 22.9 Å². The van der Waals surface area contributed by atoms with Crippen LogP contribution in [0.4, 0.5) is 0 Å². The van der Waals surface area contributed by atoms with Crippen molar-refractivity contribution in [2.45, 2.75) is 30.8 Å². The Bertz CT molecular complexity index is 611. The van der Waals surface area contributed by atoms with E-state index >= 15 is 0 Å². The summed E-state index contributed by atoms with van der Waals surface area (Å²) in [6, 6.07) is 3.67. The maximum absolute atomic E-state index is 12.3. The molecule has 0 aliphatic carbocycles. The highest BCUT2D eigenvalue weighted by molar-refractivity contribution is 7.89. The molecule has 1 aromatic rings. The van der Waals surface area contributed by atoms with E-state index < -0.39 is 10.0 Å². The normalized spacial score (nSPS) is 17.6. The van der Waals surface area contributed by atoms with Gasteiger partial charge in [0.2, 0.25) is 10.0 Å². The van der Waals surface area contributed by atoms with Crippen LogP contribution in [0.15, 0.2) is 29.7 Å². The second kappa shape index (κ2) is 5.95. The third-order valence-corrected chi connectivity index (χ3v) is 4.73. The molecule has 1 aliphatic heterocycles. The average molecular weight is 296 g/mol. The maximum atomic E-state index is 12.3. The van der Waals surface area contributed by atoms with E-state index in [1.54, 1.807) is 6.07 Å². The Morgan fingerprint density at radius 1 is 1.55 bits per heavy atom. The van der Waals surface area contributed by atoms with Crippen molar-refractivity contribution in [3.63, 3.8) is 0 Å². The largest absolute Gasteiger partial charge is 0.487 e. The Hall–Kier alpha value is -1.37. The molecule has 20 heavy (non-hydrogen) atoms. The number of sulfonamides is 1. The molecule has 0 amide bonds. The number of nitrogens with one attached hydrogen (secondary N) is 1. The number of rotatable bonds is 6. The number of aryl methyl sites for hydroxylation is 1. The molecule has 110 valence electrons. The summed E-state index contributed by atoms with van der Waals surface area (Å²) in [5.41, 5.74) is 7.51. The molecule has 0 saturated carbocycles. The van der Waals surface area contributed by atoms with E-state index in [2.05, 4.69) is 11.3 Å². The molecule has 0 radical (unpaired) electrons. The zero-order chi connectivity index (χ0) is 14.8. The molecule has 2 rings (SSSR count). The van der Waals surface area contributed by atoms with Gasteiger partial charge in [-0.25, -0.2) is 13.1 Å². The fourth-order valence-electron chi connectivity index (χ4n) is 2.24. The lowest BCUT2D eigenvalue weighted by atomic mass is 10.1. The molecule has 0 aromatic heterocycles. The predicted octanol–water partition coefficient (Wildman–Crippen LogP) is 0.976. The van der Waals surface area contributed by atoms with Gasteiger partial charge in [-0.2, -0.15) is 0 Å². The van der Waals surface area contributed by atoms with Crippen molar-refractivity contribution in [3.8, 4) is 5.75 Å². The first kappa shape index (κ1) is 15.0.